The Labute approximate surface area is 170 Å². The summed E-state index contributed by atoms with van der Waals surface area (Å²) in [7, 11) is 3.34. The zero-order valence-corrected chi connectivity index (χ0v) is 17.5. The molecular weight excluding hydrogens is 378 g/mol. The molecule has 2 N–H and O–H groups in total. The Kier molecular flexibility index (Phi) is 7.43. The van der Waals surface area contributed by atoms with E-state index >= 15 is 0 Å². The third kappa shape index (κ3) is 5.24. The number of aryl methyl sites for hydroxylation is 1. The maximum Gasteiger partial charge on any atom is 0.279 e. The molecule has 0 saturated heterocycles. The van der Waals surface area contributed by atoms with Crippen molar-refractivity contribution >= 4 is 29.0 Å². The van der Waals surface area contributed by atoms with E-state index in [-0.39, 0.29) is 24.8 Å². The van der Waals surface area contributed by atoms with Gasteiger partial charge in [0, 0.05) is 28.5 Å². The highest BCUT2D eigenvalue weighted by atomic mass is 35.5. The molecule has 0 aliphatic carbocycles. The first-order valence-corrected chi connectivity index (χ1v) is 9.40. The van der Waals surface area contributed by atoms with Crippen LogP contribution in [0.2, 0.25) is 5.02 Å². The van der Waals surface area contributed by atoms with Crippen LogP contribution in [0, 0.1) is 13.8 Å². The number of rotatable bonds is 9. The standard InChI is InChI=1S/C21H26ClN3O3/c1-6-9-25-14(2)10-17(15(25)3)19(26)12-24(4)13-21(27)23-18-11-16(22)7-8-20(18)28-5/h6-8,10-11H,1,9,12-13H2,2-5H3,(H,23,27)/p+1. The van der Waals surface area contributed by atoms with Crippen LogP contribution in [-0.4, -0.2) is 43.5 Å². The molecule has 0 bridgehead atoms. The Morgan fingerprint density at radius 3 is 2.64 bits per heavy atom. The number of amides is 1. The largest absolute Gasteiger partial charge is 0.495 e. The maximum atomic E-state index is 12.7. The summed E-state index contributed by atoms with van der Waals surface area (Å²) in [6.07, 6.45) is 1.81. The van der Waals surface area contributed by atoms with Crippen molar-refractivity contribution in [1.82, 2.24) is 4.57 Å². The van der Waals surface area contributed by atoms with Gasteiger partial charge >= 0.3 is 0 Å². The molecule has 0 spiro atoms. The average Bonchev–Trinajstić information content (AvgIpc) is 2.90. The molecular formula is C21H27ClN3O3+. The molecule has 28 heavy (non-hydrogen) atoms. The van der Waals surface area contributed by atoms with Crippen LogP contribution in [0.5, 0.6) is 5.75 Å². The normalized spacial score (nSPS) is 11.8. The second kappa shape index (κ2) is 9.57. The zero-order valence-electron chi connectivity index (χ0n) is 16.8. The van der Waals surface area contributed by atoms with Gasteiger partial charge in [0.1, 0.15) is 12.3 Å². The Hall–Kier alpha value is -2.57. The first-order chi connectivity index (χ1) is 13.3. The second-order valence-electron chi connectivity index (χ2n) is 6.81. The van der Waals surface area contributed by atoms with Gasteiger partial charge in [0.25, 0.3) is 5.91 Å². The number of aromatic nitrogens is 1. The van der Waals surface area contributed by atoms with Crippen LogP contribution in [0.4, 0.5) is 5.69 Å². The third-order valence-corrected chi connectivity index (χ3v) is 4.78. The first kappa shape index (κ1) is 21.7. The van der Waals surface area contributed by atoms with Gasteiger partial charge in [-0.3, -0.25) is 9.59 Å². The van der Waals surface area contributed by atoms with Crippen LogP contribution in [0.15, 0.2) is 36.9 Å². The number of ether oxygens (including phenoxy) is 1. The van der Waals surface area contributed by atoms with Crippen molar-refractivity contribution in [2.24, 2.45) is 0 Å². The van der Waals surface area contributed by atoms with E-state index < -0.39 is 0 Å². The fraction of sp³-hybridized carbons (Fsp3) is 0.333. The minimum atomic E-state index is -0.219. The number of anilines is 1. The van der Waals surface area contributed by atoms with Crippen molar-refractivity contribution in [2.45, 2.75) is 20.4 Å². The predicted octanol–water partition coefficient (Wildman–Crippen LogP) is 2.29. The number of ketones is 1. The Bertz CT molecular complexity index is 889. The smallest absolute Gasteiger partial charge is 0.279 e. The van der Waals surface area contributed by atoms with Crippen molar-refractivity contribution in [1.29, 1.82) is 0 Å². The van der Waals surface area contributed by atoms with E-state index in [1.54, 1.807) is 24.3 Å². The van der Waals surface area contributed by atoms with E-state index in [4.69, 9.17) is 16.3 Å². The number of nitrogens with one attached hydrogen (secondary N) is 2. The number of halogens is 1. The van der Waals surface area contributed by atoms with Crippen LogP contribution < -0.4 is 15.0 Å². The average molecular weight is 405 g/mol. The van der Waals surface area contributed by atoms with E-state index in [0.717, 1.165) is 16.3 Å². The van der Waals surface area contributed by atoms with E-state index in [1.807, 2.05) is 31.5 Å². The number of hydrogen-bond acceptors (Lipinski definition) is 3. The highest BCUT2D eigenvalue weighted by molar-refractivity contribution is 6.31. The lowest BCUT2D eigenvalue weighted by molar-refractivity contribution is -0.861. The maximum absolute atomic E-state index is 12.7. The molecule has 1 aromatic heterocycles. The van der Waals surface area contributed by atoms with Crippen molar-refractivity contribution < 1.29 is 19.2 Å². The van der Waals surface area contributed by atoms with Gasteiger partial charge in [0.05, 0.1) is 19.8 Å². The lowest BCUT2D eigenvalue weighted by Crippen LogP contribution is -3.11. The van der Waals surface area contributed by atoms with Crippen LogP contribution in [0.1, 0.15) is 21.7 Å². The summed E-state index contributed by atoms with van der Waals surface area (Å²) < 4.78 is 7.28. The Balaban J connectivity index is 2.00. The SMILES string of the molecule is C=CCn1c(C)cc(C(=O)C[NH+](C)CC(=O)Nc2cc(Cl)ccc2OC)c1C. The number of methoxy groups -OCH3 is 1. The molecule has 1 heterocycles. The number of carbonyl (C=O) groups excluding carboxylic acids is 2. The number of allylic oxidation sites excluding steroid dienone is 1. The van der Waals surface area contributed by atoms with Crippen molar-refractivity contribution in [3.8, 4) is 5.75 Å². The molecule has 0 aliphatic heterocycles. The molecule has 0 fully saturated rings. The number of likely N-dealkylation sites (N-methyl/N-ethyl adjacent to an activating group) is 1. The van der Waals surface area contributed by atoms with Gasteiger partial charge in [-0.25, -0.2) is 0 Å². The summed E-state index contributed by atoms with van der Waals surface area (Å²) in [5, 5.41) is 3.29. The monoisotopic (exact) mass is 404 g/mol. The van der Waals surface area contributed by atoms with Gasteiger partial charge in [0.2, 0.25) is 5.78 Å². The fourth-order valence-electron chi connectivity index (χ4n) is 3.17. The summed E-state index contributed by atoms with van der Waals surface area (Å²) in [5.74, 6) is 0.318. The lowest BCUT2D eigenvalue weighted by Gasteiger charge is -2.15. The summed E-state index contributed by atoms with van der Waals surface area (Å²) in [4.78, 5) is 25.9. The van der Waals surface area contributed by atoms with E-state index in [2.05, 4.69) is 11.9 Å². The molecule has 7 heteroatoms. The highest BCUT2D eigenvalue weighted by Crippen LogP contribution is 2.27. The Morgan fingerprint density at radius 1 is 1.29 bits per heavy atom. The zero-order chi connectivity index (χ0) is 20.8. The number of benzene rings is 1. The molecule has 2 aromatic rings. The summed E-state index contributed by atoms with van der Waals surface area (Å²) in [5.41, 5.74) is 3.13. The molecule has 150 valence electrons. The highest BCUT2D eigenvalue weighted by Gasteiger charge is 2.20. The molecule has 0 aliphatic rings. The van der Waals surface area contributed by atoms with Gasteiger partial charge in [-0.15, -0.1) is 6.58 Å². The van der Waals surface area contributed by atoms with E-state index in [9.17, 15) is 9.59 Å². The third-order valence-electron chi connectivity index (χ3n) is 4.55. The van der Waals surface area contributed by atoms with Gasteiger partial charge in [-0.05, 0) is 38.1 Å². The molecule has 0 radical (unpaired) electrons. The molecule has 1 aromatic carbocycles. The molecule has 1 atom stereocenters. The summed E-state index contributed by atoms with van der Waals surface area (Å²) >= 11 is 5.99. The van der Waals surface area contributed by atoms with Gasteiger partial charge in [-0.1, -0.05) is 17.7 Å². The number of nitrogens with zero attached hydrogens (tertiary/aromatic N) is 1. The van der Waals surface area contributed by atoms with E-state index in [1.165, 1.54) is 7.11 Å². The molecule has 1 amide bonds. The predicted molar refractivity (Wildman–Crippen MR) is 112 cm³/mol. The fourth-order valence-corrected chi connectivity index (χ4v) is 3.34. The summed E-state index contributed by atoms with van der Waals surface area (Å²) in [6.45, 7) is 8.68. The second-order valence-corrected chi connectivity index (χ2v) is 7.25. The van der Waals surface area contributed by atoms with Crippen molar-refractivity contribution in [2.75, 3.05) is 32.6 Å². The topological polar surface area (TPSA) is 64.8 Å². The molecule has 6 nitrogen and oxygen atoms in total. The lowest BCUT2D eigenvalue weighted by atomic mass is 10.1. The van der Waals surface area contributed by atoms with Crippen LogP contribution in [0.3, 0.4) is 0 Å². The number of carbonyl (C=O) groups is 2. The number of Topliss-reactive ketones (excluding diaryl/α,β-unsaturated/α-hetero) is 1. The van der Waals surface area contributed by atoms with E-state index in [0.29, 0.717) is 28.6 Å². The molecule has 2 rings (SSSR count). The molecule has 1 unspecified atom stereocenters. The Morgan fingerprint density at radius 2 is 2.00 bits per heavy atom. The number of quaternary nitrogens is 1. The van der Waals surface area contributed by atoms with Gasteiger partial charge < -0.3 is 19.5 Å². The summed E-state index contributed by atoms with van der Waals surface area (Å²) in [6, 6.07) is 6.91. The molecule has 0 saturated carbocycles. The first-order valence-electron chi connectivity index (χ1n) is 9.02. The van der Waals surface area contributed by atoms with Crippen LogP contribution in [0.25, 0.3) is 0 Å². The minimum Gasteiger partial charge on any atom is -0.495 e. The van der Waals surface area contributed by atoms with Gasteiger partial charge in [-0.2, -0.15) is 0 Å². The van der Waals surface area contributed by atoms with Crippen LogP contribution in [-0.2, 0) is 11.3 Å². The quantitative estimate of drug-likeness (QED) is 0.498. The van der Waals surface area contributed by atoms with Crippen molar-refractivity contribution in [3.05, 3.63) is 58.9 Å². The van der Waals surface area contributed by atoms with Crippen molar-refractivity contribution in [3.63, 3.8) is 0 Å². The van der Waals surface area contributed by atoms with Crippen LogP contribution >= 0.6 is 11.6 Å². The minimum absolute atomic E-state index is 0.00838. The van der Waals surface area contributed by atoms with Gasteiger partial charge in [0.15, 0.2) is 6.54 Å². The number of hydrogen-bond donors (Lipinski definition) is 2.